The molecule has 0 saturated heterocycles. The average Bonchev–Trinajstić information content (AvgIpc) is 2.85. The van der Waals surface area contributed by atoms with E-state index in [4.69, 9.17) is 14.2 Å². The van der Waals surface area contributed by atoms with E-state index in [1.165, 1.54) is 14.2 Å². The van der Waals surface area contributed by atoms with Gasteiger partial charge in [0.1, 0.15) is 53.8 Å². The van der Waals surface area contributed by atoms with Crippen LogP contribution in [0.5, 0.6) is 0 Å². The van der Waals surface area contributed by atoms with Crippen LogP contribution < -0.4 is 10.2 Å². The summed E-state index contributed by atoms with van der Waals surface area (Å²) in [4.78, 5) is 55.5. The Morgan fingerprint density at radius 2 is 1.07 bits per heavy atom. The van der Waals surface area contributed by atoms with Gasteiger partial charge in [-0.15, -0.1) is 0 Å². The van der Waals surface area contributed by atoms with Crippen molar-refractivity contribution in [3.63, 3.8) is 0 Å². The van der Waals surface area contributed by atoms with Crippen molar-refractivity contribution in [2.24, 2.45) is 5.41 Å². The van der Waals surface area contributed by atoms with Gasteiger partial charge in [0.25, 0.3) is 0 Å². The third-order valence-corrected chi connectivity index (χ3v) is 7.03. The molecule has 0 aliphatic heterocycles. The van der Waals surface area contributed by atoms with Crippen molar-refractivity contribution in [2.45, 2.75) is 56.6 Å². The maximum atomic E-state index is 12.2. The highest BCUT2D eigenvalue weighted by Crippen LogP contribution is 2.35. The molecule has 0 rings (SSSR count). The number of aliphatic carboxylic acids is 2. The van der Waals surface area contributed by atoms with E-state index >= 15 is 0 Å². The number of rotatable bonds is 17. The minimum absolute atomic E-state index is 0.0249. The molecule has 1 unspecified atom stereocenters. The molecule has 0 heterocycles. The van der Waals surface area contributed by atoms with E-state index in [1.54, 1.807) is 48.7 Å². The zero-order valence-corrected chi connectivity index (χ0v) is 32.7. The largest absolute Gasteiger partial charge is 0.544 e. The van der Waals surface area contributed by atoms with Crippen LogP contribution >= 0.6 is 31.9 Å². The van der Waals surface area contributed by atoms with Crippen molar-refractivity contribution in [1.29, 1.82) is 0 Å². The first-order chi connectivity index (χ1) is 20.5. The Morgan fingerprint density at radius 1 is 0.696 bits per heavy atom. The third-order valence-electron chi connectivity index (χ3n) is 6.10. The number of hydrogen-bond acceptors (Lipinski definition) is 11. The van der Waals surface area contributed by atoms with Crippen molar-refractivity contribution in [1.82, 2.24) is 0 Å². The number of halogens is 2. The van der Waals surface area contributed by atoms with E-state index in [-0.39, 0.29) is 36.6 Å². The number of alkyl halides is 2. The van der Waals surface area contributed by atoms with Gasteiger partial charge in [-0.05, 0) is 53.5 Å². The number of methoxy groups -OCH3 is 2. The van der Waals surface area contributed by atoms with Gasteiger partial charge in [-0.3, -0.25) is 14.4 Å². The Balaban J connectivity index is -0.000000685. The fourth-order valence-electron chi connectivity index (χ4n) is 3.43. The molecule has 268 valence electrons. The molecule has 46 heavy (non-hydrogen) atoms. The normalized spacial score (nSPS) is 12.8. The molecule has 1 atom stereocenters. The van der Waals surface area contributed by atoms with Crippen LogP contribution in [0.2, 0.25) is 0 Å². The first-order valence-corrected chi connectivity index (χ1v) is 15.8. The first-order valence-electron chi connectivity index (χ1n) is 14.2. The lowest BCUT2D eigenvalue weighted by molar-refractivity contribution is -0.885. The average molecular weight is 791 g/mol. The Labute approximate surface area is 291 Å². The van der Waals surface area contributed by atoms with E-state index in [2.05, 4.69) is 49.8 Å². The summed E-state index contributed by atoms with van der Waals surface area (Å²) in [6.07, 6.45) is 0.197. The van der Waals surface area contributed by atoms with Gasteiger partial charge in [0.2, 0.25) is 0 Å². The highest BCUT2D eigenvalue weighted by molar-refractivity contribution is 9.10. The number of carbonyl (C=O) groups excluding carboxylic acids is 5. The monoisotopic (exact) mass is 788 g/mol. The van der Waals surface area contributed by atoms with Crippen LogP contribution in [0, 0.1) is 5.41 Å². The minimum atomic E-state index is -1.16. The topological polar surface area (TPSA) is 168 Å². The second kappa shape index (κ2) is 20.7. The lowest BCUT2D eigenvalue weighted by Crippen LogP contribution is -2.50. The number of hydrogen-bond donors (Lipinski definition) is 0. The zero-order valence-electron chi connectivity index (χ0n) is 29.5. The van der Waals surface area contributed by atoms with E-state index in [1.807, 2.05) is 21.0 Å². The van der Waals surface area contributed by atoms with Crippen LogP contribution in [0.25, 0.3) is 0 Å². The van der Waals surface area contributed by atoms with E-state index in [9.17, 15) is 34.2 Å². The Hall–Kier alpha value is -2.49. The van der Waals surface area contributed by atoms with Crippen LogP contribution in [0.3, 0.4) is 0 Å². The maximum Gasteiger partial charge on any atom is 0.322 e. The van der Waals surface area contributed by atoms with E-state index in [0.717, 1.165) is 5.57 Å². The Bertz CT molecular complexity index is 1060. The smallest absolute Gasteiger partial charge is 0.322 e. The Morgan fingerprint density at radius 3 is 1.35 bits per heavy atom. The molecule has 0 N–H and O–H groups in total. The quantitative estimate of drug-likeness (QED) is 0.0521. The lowest BCUT2D eigenvalue weighted by Gasteiger charge is -2.32. The fourth-order valence-corrected chi connectivity index (χ4v) is 4.40. The molecule has 0 aromatic rings. The van der Waals surface area contributed by atoms with Crippen LogP contribution in [0.4, 0.5) is 0 Å². The van der Waals surface area contributed by atoms with Crippen molar-refractivity contribution >= 4 is 61.7 Å². The number of quaternary nitrogens is 2. The first kappa shape index (κ1) is 47.9. The van der Waals surface area contributed by atoms with Crippen molar-refractivity contribution < 1.29 is 62.1 Å². The molecule has 0 aromatic carbocycles. The molecule has 0 aromatic heterocycles. The van der Waals surface area contributed by atoms with Gasteiger partial charge in [-0.2, -0.15) is 0 Å². The van der Waals surface area contributed by atoms with Gasteiger partial charge < -0.3 is 47.7 Å². The fraction of sp³-hybridized carbons (Fsp3) is 0.710. The zero-order chi connectivity index (χ0) is 37.3. The molecule has 13 nitrogen and oxygen atoms in total. The van der Waals surface area contributed by atoms with Crippen LogP contribution in [-0.2, 0) is 42.9 Å². The molecule has 0 amide bonds. The van der Waals surface area contributed by atoms with Gasteiger partial charge >= 0.3 is 17.9 Å². The van der Waals surface area contributed by atoms with Crippen LogP contribution in [0.15, 0.2) is 24.5 Å². The minimum Gasteiger partial charge on any atom is -0.544 e. The summed E-state index contributed by atoms with van der Waals surface area (Å²) >= 11 is 6.44. The summed E-state index contributed by atoms with van der Waals surface area (Å²) in [6.45, 7) is 18.9. The molecule has 0 spiro atoms. The predicted octanol–water partition coefficient (Wildman–Crippen LogP) is 1.35. The lowest BCUT2D eigenvalue weighted by atomic mass is 9.83. The van der Waals surface area contributed by atoms with Crippen molar-refractivity contribution in [3.05, 3.63) is 24.5 Å². The van der Waals surface area contributed by atoms with E-state index < -0.39 is 37.9 Å². The number of allylic oxidation sites excluding steroid dienone is 1. The van der Waals surface area contributed by atoms with Gasteiger partial charge in [0.15, 0.2) is 0 Å². The molecular weight excluding hydrogens is 736 g/mol. The molecule has 0 bridgehead atoms. The number of carbonyl (C=O) groups is 5. The second-order valence-corrected chi connectivity index (χ2v) is 17.0. The maximum absolute atomic E-state index is 12.2. The Kier molecular flexibility index (Phi) is 21.5. The summed E-state index contributed by atoms with van der Waals surface area (Å²) < 4.78 is 18.6. The summed E-state index contributed by atoms with van der Waals surface area (Å²) in [5.74, 6) is -2.85. The number of carboxylic acid groups (broad SMARTS) is 2. The van der Waals surface area contributed by atoms with Gasteiger partial charge in [0, 0.05) is 0 Å². The SMILES string of the molecule is C=C(C)C(=C)OCC[N+](C)(C)CC(=O)[O-].COC(=O)C(C)(C)Br.COC(=O)C(C)(C)CC(C)(Br)C(=O)OCC[N+](C)(C)CC(=O)[O-]. The van der Waals surface area contributed by atoms with Gasteiger partial charge in [-0.25, -0.2) is 0 Å². The molecule has 15 heteroatoms. The third kappa shape index (κ3) is 23.8. The summed E-state index contributed by atoms with van der Waals surface area (Å²) in [5, 5.41) is 21.1. The second-order valence-electron chi connectivity index (χ2n) is 13.3. The molecular formula is C31H54Br2N2O11. The standard InChI is InChI=1S/C15H26BrNO6.C11H19NO3.C5H9BrO2/c1-14(2,12(20)22-6)10-15(3,16)13(21)23-8-7-17(4,5)9-11(18)19;1-9(2)10(3)15-7-6-12(4,5)8-11(13)14;1-5(2,6)4(7)8-3/h7-10H2,1-6H3;1,3,6-8H2,2,4-5H3;1-3H3. The molecule has 0 saturated carbocycles. The molecule has 0 aliphatic rings. The highest BCUT2D eigenvalue weighted by atomic mass is 79.9. The molecule has 0 radical (unpaired) electrons. The number of esters is 3. The van der Waals surface area contributed by atoms with Gasteiger partial charge in [0.05, 0.1) is 59.8 Å². The predicted molar refractivity (Wildman–Crippen MR) is 177 cm³/mol. The highest BCUT2D eigenvalue weighted by Gasteiger charge is 2.42. The van der Waals surface area contributed by atoms with Gasteiger partial charge in [-0.1, -0.05) is 45.0 Å². The summed E-state index contributed by atoms with van der Waals surface area (Å²) in [5.41, 5.74) is -0.0729. The number of nitrogens with zero attached hydrogens (tertiary/aromatic N) is 2. The van der Waals surface area contributed by atoms with Crippen LogP contribution in [-0.4, -0.2) is 129 Å². The molecule has 0 fully saturated rings. The van der Waals surface area contributed by atoms with Crippen molar-refractivity contribution in [3.8, 4) is 0 Å². The number of likely N-dealkylation sites (N-methyl/N-ethyl adjacent to an activating group) is 2. The molecule has 0 aliphatic carbocycles. The number of carboxylic acids is 2. The number of ether oxygens (including phenoxy) is 4. The summed E-state index contributed by atoms with van der Waals surface area (Å²) in [6, 6.07) is 0. The van der Waals surface area contributed by atoms with Crippen molar-refractivity contribution in [2.75, 3.05) is 81.8 Å². The summed E-state index contributed by atoms with van der Waals surface area (Å²) in [7, 11) is 9.69. The van der Waals surface area contributed by atoms with Crippen LogP contribution in [0.1, 0.15) is 48.0 Å². The van der Waals surface area contributed by atoms with E-state index in [0.29, 0.717) is 29.9 Å².